The molecular weight excluding hydrogens is 214 g/mol. The summed E-state index contributed by atoms with van der Waals surface area (Å²) in [5.74, 6) is 0.849. The lowest BCUT2D eigenvalue weighted by molar-refractivity contribution is 0.108. The highest BCUT2D eigenvalue weighted by atomic mass is 16.5. The molecule has 1 aromatic rings. The Hall–Kier alpha value is -1.06. The van der Waals surface area contributed by atoms with Crippen LogP contribution in [0.25, 0.3) is 0 Å². The van der Waals surface area contributed by atoms with Gasteiger partial charge < -0.3 is 15.2 Å². The van der Waals surface area contributed by atoms with E-state index in [0.29, 0.717) is 17.7 Å². The smallest absolute Gasteiger partial charge is 0.115 e. The first-order valence-electron chi connectivity index (χ1n) is 6.22. The molecule has 0 amide bonds. The second-order valence-corrected chi connectivity index (χ2v) is 4.56. The van der Waals surface area contributed by atoms with Crippen molar-refractivity contribution in [2.24, 2.45) is 5.92 Å². The van der Waals surface area contributed by atoms with Crippen molar-refractivity contribution in [2.45, 2.75) is 33.4 Å². The van der Waals surface area contributed by atoms with Crippen molar-refractivity contribution < 1.29 is 9.84 Å². The molecule has 0 aliphatic rings. The first-order chi connectivity index (χ1) is 8.13. The van der Waals surface area contributed by atoms with E-state index in [2.05, 4.69) is 19.2 Å². The van der Waals surface area contributed by atoms with Crippen LogP contribution in [-0.4, -0.2) is 24.4 Å². The molecule has 3 heteroatoms. The molecule has 0 bridgehead atoms. The highest BCUT2D eigenvalue weighted by molar-refractivity contribution is 5.25. The molecule has 3 nitrogen and oxygen atoms in total. The maximum Gasteiger partial charge on any atom is 0.115 e. The van der Waals surface area contributed by atoms with Crippen LogP contribution >= 0.6 is 0 Å². The number of phenols is 1. The minimum absolute atomic E-state index is 0.309. The Morgan fingerprint density at radius 2 is 1.88 bits per heavy atom. The van der Waals surface area contributed by atoms with E-state index in [1.165, 1.54) is 5.56 Å². The fourth-order valence-corrected chi connectivity index (χ4v) is 1.59. The first-order valence-corrected chi connectivity index (χ1v) is 6.22. The number of rotatable bonds is 7. The highest BCUT2D eigenvalue weighted by Gasteiger charge is 2.12. The number of phenolic OH excluding ortho intramolecular Hbond substituents is 1. The predicted molar refractivity (Wildman–Crippen MR) is 70.1 cm³/mol. The molecule has 0 heterocycles. The summed E-state index contributed by atoms with van der Waals surface area (Å²) in [6, 6.07) is 7.65. The van der Waals surface area contributed by atoms with Gasteiger partial charge in [0.05, 0.1) is 6.61 Å². The van der Waals surface area contributed by atoms with Crippen LogP contribution in [0.15, 0.2) is 24.3 Å². The molecule has 0 saturated carbocycles. The van der Waals surface area contributed by atoms with E-state index in [1.54, 1.807) is 12.1 Å². The topological polar surface area (TPSA) is 41.5 Å². The van der Waals surface area contributed by atoms with E-state index < -0.39 is 0 Å². The van der Waals surface area contributed by atoms with Crippen molar-refractivity contribution >= 4 is 0 Å². The van der Waals surface area contributed by atoms with E-state index in [4.69, 9.17) is 4.74 Å². The highest BCUT2D eigenvalue weighted by Crippen LogP contribution is 2.10. The molecule has 0 fully saturated rings. The Labute approximate surface area is 104 Å². The number of hydrogen-bond donors (Lipinski definition) is 2. The van der Waals surface area contributed by atoms with E-state index in [9.17, 15) is 5.11 Å². The van der Waals surface area contributed by atoms with Gasteiger partial charge in [-0.3, -0.25) is 0 Å². The van der Waals surface area contributed by atoms with Gasteiger partial charge in [-0.2, -0.15) is 0 Å². The van der Waals surface area contributed by atoms with Crippen LogP contribution in [0.4, 0.5) is 0 Å². The van der Waals surface area contributed by atoms with Crippen molar-refractivity contribution in [1.29, 1.82) is 0 Å². The van der Waals surface area contributed by atoms with Gasteiger partial charge in [0.2, 0.25) is 0 Å². The van der Waals surface area contributed by atoms with Crippen LogP contribution in [-0.2, 0) is 11.3 Å². The van der Waals surface area contributed by atoms with Crippen molar-refractivity contribution in [1.82, 2.24) is 5.32 Å². The average molecular weight is 237 g/mol. The quantitative estimate of drug-likeness (QED) is 0.765. The number of nitrogens with one attached hydrogen (secondary N) is 1. The van der Waals surface area contributed by atoms with Gasteiger partial charge in [0.15, 0.2) is 0 Å². The standard InChI is InChI=1S/C14H23NO2/c1-4-17-10-14(11(2)3)15-9-12-5-7-13(16)8-6-12/h5-8,11,14-16H,4,9-10H2,1-3H3. The fourth-order valence-electron chi connectivity index (χ4n) is 1.59. The molecule has 0 aliphatic heterocycles. The monoisotopic (exact) mass is 237 g/mol. The average Bonchev–Trinajstić information content (AvgIpc) is 2.31. The summed E-state index contributed by atoms with van der Waals surface area (Å²) in [5, 5.41) is 12.7. The molecule has 0 radical (unpaired) electrons. The Morgan fingerprint density at radius 3 is 2.41 bits per heavy atom. The number of ether oxygens (including phenoxy) is 1. The van der Waals surface area contributed by atoms with Crippen molar-refractivity contribution in [3.63, 3.8) is 0 Å². The summed E-state index contributed by atoms with van der Waals surface area (Å²) in [4.78, 5) is 0. The SMILES string of the molecule is CCOCC(NCc1ccc(O)cc1)C(C)C. The first kappa shape index (κ1) is 14.0. The largest absolute Gasteiger partial charge is 0.508 e. The van der Waals surface area contributed by atoms with Crippen LogP contribution in [0.3, 0.4) is 0 Å². The molecule has 0 aliphatic carbocycles. The Morgan fingerprint density at radius 1 is 1.24 bits per heavy atom. The summed E-state index contributed by atoms with van der Waals surface area (Å²) in [6.07, 6.45) is 0. The van der Waals surface area contributed by atoms with Gasteiger partial charge in [-0.05, 0) is 30.5 Å². The number of aromatic hydroxyl groups is 1. The molecule has 2 N–H and O–H groups in total. The number of benzene rings is 1. The molecule has 1 atom stereocenters. The fraction of sp³-hybridized carbons (Fsp3) is 0.571. The zero-order valence-corrected chi connectivity index (χ0v) is 10.9. The minimum atomic E-state index is 0.309. The Kier molecular flexibility index (Phi) is 6.01. The molecule has 96 valence electrons. The maximum absolute atomic E-state index is 9.20. The summed E-state index contributed by atoms with van der Waals surface area (Å²) >= 11 is 0. The molecule has 1 unspecified atom stereocenters. The van der Waals surface area contributed by atoms with Gasteiger partial charge in [-0.25, -0.2) is 0 Å². The summed E-state index contributed by atoms with van der Waals surface area (Å²) in [5.41, 5.74) is 1.17. The van der Waals surface area contributed by atoms with E-state index in [-0.39, 0.29) is 0 Å². The third kappa shape index (κ3) is 5.20. The molecule has 0 spiro atoms. The van der Waals surface area contributed by atoms with Crippen LogP contribution < -0.4 is 5.32 Å². The normalized spacial score (nSPS) is 12.9. The summed E-state index contributed by atoms with van der Waals surface area (Å²) in [7, 11) is 0. The lowest BCUT2D eigenvalue weighted by Gasteiger charge is -2.22. The van der Waals surface area contributed by atoms with Crippen molar-refractivity contribution in [2.75, 3.05) is 13.2 Å². The number of hydrogen-bond acceptors (Lipinski definition) is 3. The zero-order valence-electron chi connectivity index (χ0n) is 10.9. The van der Waals surface area contributed by atoms with Gasteiger partial charge in [0, 0.05) is 19.2 Å². The maximum atomic E-state index is 9.20. The Bertz CT molecular complexity index is 309. The summed E-state index contributed by atoms with van der Waals surface area (Å²) < 4.78 is 5.46. The molecule has 17 heavy (non-hydrogen) atoms. The second kappa shape index (κ2) is 7.30. The van der Waals surface area contributed by atoms with Crippen LogP contribution in [0.5, 0.6) is 5.75 Å². The lowest BCUT2D eigenvalue weighted by atomic mass is 10.0. The van der Waals surface area contributed by atoms with Gasteiger partial charge in [0.1, 0.15) is 5.75 Å². The summed E-state index contributed by atoms with van der Waals surface area (Å²) in [6.45, 7) is 8.69. The van der Waals surface area contributed by atoms with Crippen LogP contribution in [0, 0.1) is 5.92 Å². The lowest BCUT2D eigenvalue weighted by Crippen LogP contribution is -2.37. The van der Waals surface area contributed by atoms with E-state index >= 15 is 0 Å². The molecule has 0 saturated heterocycles. The second-order valence-electron chi connectivity index (χ2n) is 4.56. The minimum Gasteiger partial charge on any atom is -0.508 e. The van der Waals surface area contributed by atoms with Crippen molar-refractivity contribution in [3.8, 4) is 5.75 Å². The third-order valence-electron chi connectivity index (χ3n) is 2.81. The predicted octanol–water partition coefficient (Wildman–Crippen LogP) is 2.54. The third-order valence-corrected chi connectivity index (χ3v) is 2.81. The molecule has 0 aromatic heterocycles. The van der Waals surface area contributed by atoms with E-state index in [0.717, 1.165) is 19.8 Å². The van der Waals surface area contributed by atoms with Gasteiger partial charge >= 0.3 is 0 Å². The molecule has 1 aromatic carbocycles. The van der Waals surface area contributed by atoms with Gasteiger partial charge in [-0.1, -0.05) is 26.0 Å². The zero-order chi connectivity index (χ0) is 12.7. The molecular formula is C14H23NO2. The van der Waals surface area contributed by atoms with Crippen LogP contribution in [0.1, 0.15) is 26.3 Å². The van der Waals surface area contributed by atoms with Gasteiger partial charge in [0.25, 0.3) is 0 Å². The molecule has 1 rings (SSSR count). The van der Waals surface area contributed by atoms with E-state index in [1.807, 2.05) is 19.1 Å². The Balaban J connectivity index is 2.43. The van der Waals surface area contributed by atoms with Crippen LogP contribution in [0.2, 0.25) is 0 Å². The van der Waals surface area contributed by atoms with Gasteiger partial charge in [-0.15, -0.1) is 0 Å². The van der Waals surface area contributed by atoms with Crippen molar-refractivity contribution in [3.05, 3.63) is 29.8 Å².